The summed E-state index contributed by atoms with van der Waals surface area (Å²) in [4.78, 5) is 32.8. The molecule has 0 fully saturated rings. The highest BCUT2D eigenvalue weighted by Gasteiger charge is 2.14. The Morgan fingerprint density at radius 2 is 1.26 bits per heavy atom. The number of aromatic nitrogens is 2. The van der Waals surface area contributed by atoms with Crippen molar-refractivity contribution in [1.82, 2.24) is 9.97 Å². The van der Waals surface area contributed by atoms with Crippen molar-refractivity contribution >= 4 is 28.3 Å². The van der Waals surface area contributed by atoms with Gasteiger partial charge >= 0.3 is 0 Å². The van der Waals surface area contributed by atoms with Crippen molar-refractivity contribution in [2.45, 2.75) is 0 Å². The Kier molecular flexibility index (Phi) is 5.50. The van der Waals surface area contributed by atoms with Crippen LogP contribution in [0, 0.1) is 10.1 Å². The van der Waals surface area contributed by atoms with Crippen molar-refractivity contribution in [2.24, 2.45) is 0 Å². The highest BCUT2D eigenvalue weighted by atomic mass is 16.6. The summed E-state index contributed by atoms with van der Waals surface area (Å²) < 4.78 is 0. The number of nitro benzene ring substituents is 1. The maximum Gasteiger partial charge on any atom is 0.269 e. The average molecular weight is 446 g/mol. The maximum atomic E-state index is 12.6. The number of nitro groups is 1. The van der Waals surface area contributed by atoms with Crippen molar-refractivity contribution < 1.29 is 9.72 Å². The molecule has 7 heteroatoms. The number of nitrogens with zero attached hydrogens (tertiary/aromatic N) is 3. The average Bonchev–Trinajstić information content (AvgIpc) is 2.89. The van der Waals surface area contributed by atoms with E-state index in [0.717, 1.165) is 22.5 Å². The van der Waals surface area contributed by atoms with Crippen LogP contribution in [0.1, 0.15) is 10.4 Å². The lowest BCUT2D eigenvalue weighted by Gasteiger charge is -2.12. The zero-order valence-electron chi connectivity index (χ0n) is 17.9. The number of fused-ring (bicyclic) bond motifs is 1. The molecule has 0 radical (unpaired) electrons. The summed E-state index contributed by atoms with van der Waals surface area (Å²) in [7, 11) is 0. The van der Waals surface area contributed by atoms with Gasteiger partial charge in [0.05, 0.1) is 27.3 Å². The Balaban J connectivity index is 1.53. The molecule has 4 aromatic carbocycles. The van der Waals surface area contributed by atoms with Gasteiger partial charge in [0.15, 0.2) is 0 Å². The zero-order valence-corrected chi connectivity index (χ0v) is 17.9. The predicted octanol–water partition coefficient (Wildman–Crippen LogP) is 6.12. The van der Waals surface area contributed by atoms with Crippen LogP contribution in [0.2, 0.25) is 0 Å². The lowest BCUT2D eigenvalue weighted by molar-refractivity contribution is -0.384. The number of hydrogen-bond acceptors (Lipinski definition) is 5. The summed E-state index contributed by atoms with van der Waals surface area (Å²) in [5.74, 6) is -0.369. The van der Waals surface area contributed by atoms with Crippen molar-refractivity contribution in [3.63, 3.8) is 0 Å². The van der Waals surface area contributed by atoms with Crippen LogP contribution in [0.4, 0.5) is 11.4 Å². The van der Waals surface area contributed by atoms with Gasteiger partial charge in [-0.25, -0.2) is 9.97 Å². The number of carbonyl (C=O) groups is 1. The zero-order chi connectivity index (χ0) is 23.5. The Labute approximate surface area is 194 Å². The van der Waals surface area contributed by atoms with E-state index in [0.29, 0.717) is 22.3 Å². The fourth-order valence-corrected chi connectivity index (χ4v) is 3.66. The lowest BCUT2D eigenvalue weighted by atomic mass is 10.0. The Hall–Kier alpha value is -4.91. The van der Waals surface area contributed by atoms with E-state index in [4.69, 9.17) is 9.97 Å². The molecule has 0 atom stereocenters. The third kappa shape index (κ3) is 4.22. The van der Waals surface area contributed by atoms with Gasteiger partial charge in [0.2, 0.25) is 0 Å². The predicted molar refractivity (Wildman–Crippen MR) is 131 cm³/mol. The standard InChI is InChI=1S/C27H18N4O3/c32-27(20-11-14-22(15-12-20)31(33)34)28-21-13-16-23-24(17-21)30-26(19-9-5-2-6-10-19)25(29-23)18-7-3-1-4-8-18/h1-17H,(H,28,32). The summed E-state index contributed by atoms with van der Waals surface area (Å²) in [5, 5.41) is 13.7. The molecular weight excluding hydrogens is 428 g/mol. The van der Waals surface area contributed by atoms with Crippen LogP contribution >= 0.6 is 0 Å². The second-order valence-corrected chi connectivity index (χ2v) is 7.61. The van der Waals surface area contributed by atoms with Gasteiger partial charge in [-0.05, 0) is 30.3 Å². The lowest BCUT2D eigenvalue weighted by Crippen LogP contribution is -2.11. The molecule has 0 unspecified atom stereocenters. The Morgan fingerprint density at radius 1 is 0.706 bits per heavy atom. The first-order chi connectivity index (χ1) is 16.6. The normalized spacial score (nSPS) is 10.7. The maximum absolute atomic E-state index is 12.6. The minimum Gasteiger partial charge on any atom is -0.322 e. The molecule has 0 saturated carbocycles. The van der Waals surface area contributed by atoms with Gasteiger partial charge in [-0.2, -0.15) is 0 Å². The van der Waals surface area contributed by atoms with Crippen molar-refractivity contribution in [3.8, 4) is 22.5 Å². The third-order valence-corrected chi connectivity index (χ3v) is 5.36. The number of non-ortho nitro benzene ring substituents is 1. The van der Waals surface area contributed by atoms with Crippen molar-refractivity contribution in [2.75, 3.05) is 5.32 Å². The molecule has 164 valence electrons. The van der Waals surface area contributed by atoms with Crippen LogP contribution in [0.3, 0.4) is 0 Å². The van der Waals surface area contributed by atoms with E-state index >= 15 is 0 Å². The smallest absolute Gasteiger partial charge is 0.269 e. The molecule has 0 saturated heterocycles. The second-order valence-electron chi connectivity index (χ2n) is 7.61. The van der Waals surface area contributed by atoms with E-state index in [2.05, 4.69) is 5.32 Å². The number of nitrogens with one attached hydrogen (secondary N) is 1. The number of rotatable bonds is 5. The quantitative estimate of drug-likeness (QED) is 0.259. The monoisotopic (exact) mass is 446 g/mol. The van der Waals surface area contributed by atoms with E-state index in [9.17, 15) is 14.9 Å². The van der Waals surface area contributed by atoms with Crippen molar-refractivity contribution in [3.05, 3.63) is 119 Å². The fourth-order valence-electron chi connectivity index (χ4n) is 3.66. The molecule has 1 amide bonds. The van der Waals surface area contributed by atoms with Crippen molar-refractivity contribution in [1.29, 1.82) is 0 Å². The minimum absolute atomic E-state index is 0.0693. The van der Waals surface area contributed by atoms with Gasteiger partial charge in [0.1, 0.15) is 0 Å². The highest BCUT2D eigenvalue weighted by molar-refractivity contribution is 6.05. The van der Waals surface area contributed by atoms with E-state index in [-0.39, 0.29) is 11.6 Å². The van der Waals surface area contributed by atoms with Crippen LogP contribution in [0.15, 0.2) is 103 Å². The summed E-state index contributed by atoms with van der Waals surface area (Å²) in [5.41, 5.74) is 5.58. The van der Waals surface area contributed by atoms with Gasteiger partial charge < -0.3 is 5.32 Å². The fraction of sp³-hybridized carbons (Fsp3) is 0. The van der Waals surface area contributed by atoms with Gasteiger partial charge in [0, 0.05) is 34.5 Å². The molecule has 0 aliphatic heterocycles. The van der Waals surface area contributed by atoms with Gasteiger partial charge in [-0.1, -0.05) is 60.7 Å². The first-order valence-electron chi connectivity index (χ1n) is 10.6. The first kappa shape index (κ1) is 21.0. The second kappa shape index (κ2) is 8.91. The molecule has 5 rings (SSSR count). The number of anilines is 1. The summed E-state index contributed by atoms with van der Waals surface area (Å²) in [6, 6.07) is 30.5. The number of hydrogen-bond donors (Lipinski definition) is 1. The van der Waals surface area contributed by atoms with Gasteiger partial charge in [-0.3, -0.25) is 14.9 Å². The topological polar surface area (TPSA) is 98.0 Å². The molecule has 5 aromatic rings. The minimum atomic E-state index is -0.502. The summed E-state index contributed by atoms with van der Waals surface area (Å²) >= 11 is 0. The van der Waals surface area contributed by atoms with Crippen LogP contribution < -0.4 is 5.32 Å². The van der Waals surface area contributed by atoms with Crippen LogP contribution in [-0.2, 0) is 0 Å². The molecule has 0 spiro atoms. The number of carbonyl (C=O) groups excluding carboxylic acids is 1. The molecule has 1 N–H and O–H groups in total. The SMILES string of the molecule is O=C(Nc1ccc2nc(-c3ccccc3)c(-c3ccccc3)nc2c1)c1ccc([N+](=O)[O-])cc1. The van der Waals surface area contributed by atoms with Crippen LogP contribution in [0.25, 0.3) is 33.5 Å². The molecule has 0 aliphatic rings. The highest BCUT2D eigenvalue weighted by Crippen LogP contribution is 2.31. The third-order valence-electron chi connectivity index (χ3n) is 5.36. The molecule has 0 bridgehead atoms. The van der Waals surface area contributed by atoms with Crippen LogP contribution in [-0.4, -0.2) is 20.8 Å². The van der Waals surface area contributed by atoms with Gasteiger partial charge in [0.25, 0.3) is 11.6 Å². The van der Waals surface area contributed by atoms with Crippen LogP contribution in [0.5, 0.6) is 0 Å². The molecule has 1 heterocycles. The molecule has 7 nitrogen and oxygen atoms in total. The molecule has 0 aliphatic carbocycles. The first-order valence-corrected chi connectivity index (χ1v) is 10.6. The molecular formula is C27H18N4O3. The van der Waals surface area contributed by atoms with E-state index in [1.54, 1.807) is 12.1 Å². The largest absolute Gasteiger partial charge is 0.322 e. The summed E-state index contributed by atoms with van der Waals surface area (Å²) in [6.07, 6.45) is 0. The van der Waals surface area contributed by atoms with Gasteiger partial charge in [-0.15, -0.1) is 0 Å². The van der Waals surface area contributed by atoms with E-state index < -0.39 is 4.92 Å². The number of benzene rings is 4. The van der Waals surface area contributed by atoms with E-state index in [1.165, 1.54) is 24.3 Å². The Morgan fingerprint density at radius 3 is 1.82 bits per heavy atom. The summed E-state index contributed by atoms with van der Waals surface area (Å²) in [6.45, 7) is 0. The molecule has 1 aromatic heterocycles. The Bertz CT molecular complexity index is 1500. The number of amides is 1. The molecule has 34 heavy (non-hydrogen) atoms. The van der Waals surface area contributed by atoms with E-state index in [1.807, 2.05) is 66.7 Å².